The molecule has 0 amide bonds. The van der Waals surface area contributed by atoms with Crippen LogP contribution in [-0.2, 0) is 4.18 Å². The molecule has 0 spiro atoms. The van der Waals surface area contributed by atoms with Crippen LogP contribution < -0.4 is 0 Å². The van der Waals surface area contributed by atoms with E-state index in [9.17, 15) is 4.79 Å². The molecular weight excluding hydrogens is 366 g/mol. The summed E-state index contributed by atoms with van der Waals surface area (Å²) in [6.07, 6.45) is 1.60. The maximum absolute atomic E-state index is 13.1. The van der Waals surface area contributed by atoms with Gasteiger partial charge in [0.25, 0.3) is 0 Å². The highest BCUT2D eigenvalue weighted by Gasteiger charge is 2.36. The average molecular weight is 385 g/mol. The van der Waals surface area contributed by atoms with Crippen LogP contribution in [0.5, 0.6) is 0 Å². The summed E-state index contributed by atoms with van der Waals surface area (Å²) in [7, 11) is -2.27. The Morgan fingerprint density at radius 3 is 1.43 bits per heavy atom. The lowest BCUT2D eigenvalue weighted by Crippen LogP contribution is -2.14. The number of benzene rings is 3. The Balaban J connectivity index is 1.95. The van der Waals surface area contributed by atoms with Crippen LogP contribution in [0.2, 0.25) is 0 Å². The molecule has 0 fully saturated rings. The summed E-state index contributed by atoms with van der Waals surface area (Å²) in [4.78, 5) is 20.2. The van der Waals surface area contributed by atoms with Crippen LogP contribution in [0, 0.1) is 0 Å². The first-order chi connectivity index (χ1) is 13.8. The van der Waals surface area contributed by atoms with Gasteiger partial charge in [-0.2, -0.15) is 0 Å². The first kappa shape index (κ1) is 18.0. The Morgan fingerprint density at radius 2 is 1.04 bits per heavy atom. The molecule has 4 heteroatoms. The van der Waals surface area contributed by atoms with Crippen LogP contribution in [0.15, 0.2) is 130 Å². The van der Waals surface area contributed by atoms with Gasteiger partial charge in [0, 0.05) is 20.9 Å². The van der Waals surface area contributed by atoms with Gasteiger partial charge in [0.2, 0.25) is 0 Å². The average Bonchev–Trinajstić information content (AvgIpc) is 2.80. The van der Waals surface area contributed by atoms with Gasteiger partial charge in [0.1, 0.15) is 5.69 Å². The van der Waals surface area contributed by atoms with Crippen LogP contribution in [0.1, 0.15) is 10.5 Å². The fraction of sp³-hybridized carbons (Fsp3) is 0. The van der Waals surface area contributed by atoms with Crippen molar-refractivity contribution in [3.05, 3.63) is 121 Å². The number of nitrogens with zero attached hydrogens (tertiary/aromatic N) is 1. The fourth-order valence-corrected chi connectivity index (χ4v) is 6.07. The minimum Gasteiger partial charge on any atom is -0.397 e. The highest BCUT2D eigenvalue weighted by molar-refractivity contribution is 8.30. The lowest BCUT2D eigenvalue weighted by Gasteiger charge is -2.39. The number of carbonyl (C=O) groups excluding carboxylic acids is 1. The maximum atomic E-state index is 13.1. The highest BCUT2D eigenvalue weighted by atomic mass is 32.3. The molecule has 138 valence electrons. The van der Waals surface area contributed by atoms with Crippen molar-refractivity contribution >= 4 is 16.3 Å². The summed E-state index contributed by atoms with van der Waals surface area (Å²) < 4.78 is 6.36. The van der Waals surface area contributed by atoms with E-state index in [0.29, 0.717) is 5.69 Å². The molecule has 0 N–H and O–H groups in total. The molecule has 28 heavy (non-hydrogen) atoms. The maximum Gasteiger partial charge on any atom is 0.368 e. The van der Waals surface area contributed by atoms with Gasteiger partial charge in [-0.3, -0.25) is 0 Å². The highest BCUT2D eigenvalue weighted by Crippen LogP contribution is 2.69. The third-order valence-corrected chi connectivity index (χ3v) is 7.51. The Hall–Kier alpha value is -3.37. The van der Waals surface area contributed by atoms with Crippen LogP contribution in [0.4, 0.5) is 0 Å². The first-order valence-electron chi connectivity index (χ1n) is 8.94. The Morgan fingerprint density at radius 1 is 0.607 bits per heavy atom. The zero-order valence-corrected chi connectivity index (χ0v) is 16.0. The number of pyridine rings is 1. The Labute approximate surface area is 166 Å². The predicted molar refractivity (Wildman–Crippen MR) is 111 cm³/mol. The van der Waals surface area contributed by atoms with E-state index in [4.69, 9.17) is 4.18 Å². The molecule has 3 aromatic carbocycles. The van der Waals surface area contributed by atoms with Crippen LogP contribution >= 0.6 is 10.3 Å². The molecule has 0 aliphatic carbocycles. The van der Waals surface area contributed by atoms with Crippen molar-refractivity contribution in [3.8, 4) is 0 Å². The minimum absolute atomic E-state index is 0.294. The van der Waals surface area contributed by atoms with Gasteiger partial charge in [-0.15, -0.1) is 0 Å². The second-order valence-electron chi connectivity index (χ2n) is 6.08. The molecule has 1 heterocycles. The summed E-state index contributed by atoms with van der Waals surface area (Å²) in [5.41, 5.74) is 0.294. The minimum atomic E-state index is -2.27. The molecule has 0 aliphatic rings. The third kappa shape index (κ3) is 3.42. The van der Waals surface area contributed by atoms with E-state index in [2.05, 4.69) is 4.98 Å². The third-order valence-electron chi connectivity index (χ3n) is 4.30. The fourth-order valence-electron chi connectivity index (χ4n) is 3.03. The van der Waals surface area contributed by atoms with E-state index in [1.807, 2.05) is 91.0 Å². The van der Waals surface area contributed by atoms with Gasteiger partial charge in [0.05, 0.1) is 0 Å². The topological polar surface area (TPSA) is 39.2 Å². The van der Waals surface area contributed by atoms with Gasteiger partial charge in [-0.1, -0.05) is 60.7 Å². The van der Waals surface area contributed by atoms with Crippen LogP contribution in [-0.4, -0.2) is 11.0 Å². The molecule has 0 aliphatic heterocycles. The molecule has 0 radical (unpaired) electrons. The van der Waals surface area contributed by atoms with Crippen molar-refractivity contribution in [3.63, 3.8) is 0 Å². The van der Waals surface area contributed by atoms with E-state index in [0.717, 1.165) is 14.7 Å². The number of hydrogen-bond acceptors (Lipinski definition) is 3. The summed E-state index contributed by atoms with van der Waals surface area (Å²) >= 11 is 0. The SMILES string of the molecule is O=C(OS(c1ccccc1)(c1ccccc1)c1ccccc1)c1ccccn1. The quantitative estimate of drug-likeness (QED) is 0.414. The van der Waals surface area contributed by atoms with Gasteiger partial charge in [-0.25, -0.2) is 9.78 Å². The summed E-state index contributed by atoms with van der Waals surface area (Å²) in [5, 5.41) is 0. The molecule has 0 saturated heterocycles. The molecular formula is C24H19NO2S. The predicted octanol–water partition coefficient (Wildman–Crippen LogP) is 6.14. The van der Waals surface area contributed by atoms with Gasteiger partial charge in [0.15, 0.2) is 0 Å². The summed E-state index contributed by atoms with van der Waals surface area (Å²) in [5.74, 6) is -0.438. The van der Waals surface area contributed by atoms with Gasteiger partial charge >= 0.3 is 5.97 Å². The Bertz CT molecular complexity index is 942. The smallest absolute Gasteiger partial charge is 0.368 e. The van der Waals surface area contributed by atoms with E-state index in [-0.39, 0.29) is 0 Å². The van der Waals surface area contributed by atoms with Crippen molar-refractivity contribution in [2.24, 2.45) is 0 Å². The zero-order valence-electron chi connectivity index (χ0n) is 15.1. The second kappa shape index (κ2) is 8.11. The Kier molecular flexibility index (Phi) is 5.22. The first-order valence-corrected chi connectivity index (χ1v) is 10.5. The van der Waals surface area contributed by atoms with Crippen LogP contribution in [0.3, 0.4) is 0 Å². The zero-order chi connectivity index (χ0) is 19.2. The number of carbonyl (C=O) groups is 1. The van der Waals surface area contributed by atoms with E-state index in [1.54, 1.807) is 24.4 Å². The van der Waals surface area contributed by atoms with Crippen molar-refractivity contribution < 1.29 is 8.98 Å². The number of hydrogen-bond donors (Lipinski definition) is 0. The molecule has 0 bridgehead atoms. The number of aromatic nitrogens is 1. The molecule has 4 aromatic rings. The number of rotatable bonds is 5. The summed E-state index contributed by atoms with van der Waals surface area (Å²) in [6, 6.07) is 35.0. The monoisotopic (exact) mass is 385 g/mol. The van der Waals surface area contributed by atoms with Crippen molar-refractivity contribution in [2.45, 2.75) is 14.7 Å². The molecule has 1 aromatic heterocycles. The van der Waals surface area contributed by atoms with Crippen molar-refractivity contribution in [1.29, 1.82) is 0 Å². The lowest BCUT2D eigenvalue weighted by atomic mass is 10.4. The standard InChI is InChI=1S/C24H19NO2S/c26-24(23-18-10-11-19-25-23)27-28(20-12-4-1-5-13-20,21-14-6-2-7-15-21)22-16-8-3-9-17-22/h1-19H. The largest absolute Gasteiger partial charge is 0.397 e. The van der Waals surface area contributed by atoms with Crippen LogP contribution in [0.25, 0.3) is 0 Å². The van der Waals surface area contributed by atoms with Crippen molar-refractivity contribution in [1.82, 2.24) is 4.98 Å². The lowest BCUT2D eigenvalue weighted by molar-refractivity contribution is 0.0751. The van der Waals surface area contributed by atoms with E-state index in [1.165, 1.54) is 0 Å². The van der Waals surface area contributed by atoms with E-state index < -0.39 is 16.3 Å². The van der Waals surface area contributed by atoms with Crippen molar-refractivity contribution in [2.75, 3.05) is 0 Å². The summed E-state index contributed by atoms with van der Waals surface area (Å²) in [6.45, 7) is 0. The molecule has 0 saturated carbocycles. The molecule has 0 atom stereocenters. The van der Waals surface area contributed by atoms with Gasteiger partial charge < -0.3 is 4.18 Å². The van der Waals surface area contributed by atoms with Gasteiger partial charge in [-0.05, 0) is 58.8 Å². The molecule has 4 rings (SSSR count). The van der Waals surface area contributed by atoms with E-state index >= 15 is 0 Å². The second-order valence-corrected chi connectivity index (χ2v) is 8.77. The normalized spacial score (nSPS) is 11.6. The molecule has 3 nitrogen and oxygen atoms in total. The molecule has 0 unspecified atom stereocenters.